The Morgan fingerprint density at radius 3 is 2.58 bits per heavy atom. The van der Waals surface area contributed by atoms with Crippen molar-refractivity contribution in [1.29, 1.82) is 0 Å². The van der Waals surface area contributed by atoms with Crippen LogP contribution in [0.1, 0.15) is 12.8 Å². The molecule has 2 aliphatic heterocycles. The first kappa shape index (κ1) is 10.4. The summed E-state index contributed by atoms with van der Waals surface area (Å²) < 4.78 is 0. The van der Waals surface area contributed by atoms with Crippen LogP contribution in [0.2, 0.25) is 0 Å². The van der Waals surface area contributed by atoms with Crippen LogP contribution in [0.5, 0.6) is 0 Å². The molecule has 1 amide bonds. The third kappa shape index (κ3) is 1.41. The standard InChI is InChI=1S/C8H13N2O.Cd/c1-10-4-2-3-8(7(10)11)5-9-6-8;/h2-6H2,1H3;/q-1;. The van der Waals surface area contributed by atoms with Crippen LogP contribution in [-0.2, 0) is 32.1 Å². The van der Waals surface area contributed by atoms with Crippen molar-refractivity contribution in [3.05, 3.63) is 5.32 Å². The van der Waals surface area contributed by atoms with Gasteiger partial charge in [-0.2, -0.15) is 0 Å². The molecule has 1 spiro atoms. The quantitative estimate of drug-likeness (QED) is 0.591. The van der Waals surface area contributed by atoms with E-state index < -0.39 is 0 Å². The maximum atomic E-state index is 11.6. The van der Waals surface area contributed by atoms with E-state index in [2.05, 4.69) is 5.32 Å². The smallest absolute Gasteiger partial charge is 0.225 e. The van der Waals surface area contributed by atoms with Crippen LogP contribution in [-0.4, -0.2) is 37.5 Å². The van der Waals surface area contributed by atoms with E-state index in [1.807, 2.05) is 11.9 Å². The van der Waals surface area contributed by atoms with Gasteiger partial charge in [0.15, 0.2) is 0 Å². The molecule has 3 nitrogen and oxygen atoms in total. The van der Waals surface area contributed by atoms with Crippen molar-refractivity contribution in [3.8, 4) is 0 Å². The van der Waals surface area contributed by atoms with Crippen molar-refractivity contribution in [2.24, 2.45) is 5.41 Å². The monoisotopic (exact) mass is 267 g/mol. The maximum Gasteiger partial charge on any atom is 0.225 e. The third-order valence-electron chi connectivity index (χ3n) is 2.78. The SMILES string of the molecule is CN1CCCC2(C[N-]C2)C1=O.[Cd]. The fourth-order valence-corrected chi connectivity index (χ4v) is 1.94. The van der Waals surface area contributed by atoms with Crippen molar-refractivity contribution in [2.45, 2.75) is 12.8 Å². The first-order chi connectivity index (χ1) is 5.25. The summed E-state index contributed by atoms with van der Waals surface area (Å²) in [5.74, 6) is 0.318. The fraction of sp³-hybridized carbons (Fsp3) is 0.875. The summed E-state index contributed by atoms with van der Waals surface area (Å²) >= 11 is 0. The molecule has 0 aromatic heterocycles. The van der Waals surface area contributed by atoms with Crippen LogP contribution in [0.3, 0.4) is 0 Å². The third-order valence-corrected chi connectivity index (χ3v) is 2.78. The second kappa shape index (κ2) is 3.61. The maximum absolute atomic E-state index is 11.6. The Labute approximate surface area is 93.0 Å². The molecule has 2 saturated heterocycles. The van der Waals surface area contributed by atoms with E-state index in [9.17, 15) is 4.79 Å². The minimum Gasteiger partial charge on any atom is -0.661 e. The predicted octanol–water partition coefficient (Wildman–Crippen LogP) is 0.610. The zero-order valence-corrected chi connectivity index (χ0v) is 11.6. The zero-order valence-electron chi connectivity index (χ0n) is 7.55. The van der Waals surface area contributed by atoms with E-state index in [-0.39, 0.29) is 32.7 Å². The Kier molecular flexibility index (Phi) is 3.14. The molecule has 2 aliphatic rings. The molecule has 0 aromatic rings. The van der Waals surface area contributed by atoms with Gasteiger partial charge in [-0.3, -0.25) is 4.79 Å². The summed E-state index contributed by atoms with van der Waals surface area (Å²) in [4.78, 5) is 13.4. The summed E-state index contributed by atoms with van der Waals surface area (Å²) in [6, 6.07) is 0. The molecule has 12 heavy (non-hydrogen) atoms. The number of hydrogen-bond acceptors (Lipinski definition) is 1. The number of piperidine rings is 1. The number of likely N-dealkylation sites (tertiary alicyclic amines) is 1. The molecule has 2 fully saturated rings. The van der Waals surface area contributed by atoms with Crippen LogP contribution in [0.25, 0.3) is 5.32 Å². The number of rotatable bonds is 0. The van der Waals surface area contributed by atoms with Crippen LogP contribution in [0.4, 0.5) is 0 Å². The van der Waals surface area contributed by atoms with Crippen molar-refractivity contribution < 1.29 is 32.1 Å². The Morgan fingerprint density at radius 2 is 2.17 bits per heavy atom. The van der Waals surface area contributed by atoms with Crippen LogP contribution in [0, 0.1) is 5.41 Å². The van der Waals surface area contributed by atoms with Crippen molar-refractivity contribution >= 4 is 5.91 Å². The number of carbonyl (C=O) groups is 1. The molecule has 2 heterocycles. The van der Waals surface area contributed by atoms with Crippen LogP contribution in [0.15, 0.2) is 0 Å². The second-order valence-electron chi connectivity index (χ2n) is 3.65. The molecular formula is C8H13CdN2O-. The van der Waals surface area contributed by atoms with Gasteiger partial charge in [0.05, 0.1) is 0 Å². The molecule has 2 rings (SSSR count). The van der Waals surface area contributed by atoms with E-state index in [0.29, 0.717) is 5.91 Å². The van der Waals surface area contributed by atoms with Gasteiger partial charge in [-0.05, 0) is 12.8 Å². The number of hydrogen-bond donors (Lipinski definition) is 0. The fourth-order valence-electron chi connectivity index (χ4n) is 1.94. The van der Waals surface area contributed by atoms with Crippen LogP contribution < -0.4 is 0 Å². The molecule has 0 unspecified atom stereocenters. The average molecular weight is 266 g/mol. The summed E-state index contributed by atoms with van der Waals surface area (Å²) in [6.07, 6.45) is 2.21. The minimum atomic E-state index is -0.0486. The van der Waals surface area contributed by atoms with E-state index >= 15 is 0 Å². The summed E-state index contributed by atoms with van der Waals surface area (Å²) in [6.45, 7) is 2.48. The Morgan fingerprint density at radius 1 is 1.50 bits per heavy atom. The minimum absolute atomic E-state index is 0. The molecule has 0 N–H and O–H groups in total. The molecule has 0 radical (unpaired) electrons. The van der Waals surface area contributed by atoms with Gasteiger partial charge in [-0.15, -0.1) is 13.1 Å². The van der Waals surface area contributed by atoms with Gasteiger partial charge in [0.2, 0.25) is 5.91 Å². The average Bonchev–Trinajstić information content (AvgIpc) is 1.91. The topological polar surface area (TPSA) is 34.4 Å². The summed E-state index contributed by atoms with van der Waals surface area (Å²) in [7, 11) is 1.89. The van der Waals surface area contributed by atoms with Gasteiger partial charge in [0.25, 0.3) is 0 Å². The van der Waals surface area contributed by atoms with Gasteiger partial charge >= 0.3 is 0 Å². The summed E-state index contributed by atoms with van der Waals surface area (Å²) in [5.41, 5.74) is -0.0486. The summed E-state index contributed by atoms with van der Waals surface area (Å²) in [5, 5.41) is 4.13. The van der Waals surface area contributed by atoms with Crippen LogP contribution >= 0.6 is 0 Å². The predicted molar refractivity (Wildman–Crippen MR) is 42.4 cm³/mol. The van der Waals surface area contributed by atoms with Gasteiger partial charge in [-0.25, -0.2) is 0 Å². The van der Waals surface area contributed by atoms with Crippen molar-refractivity contribution in [2.75, 3.05) is 26.7 Å². The first-order valence-corrected chi connectivity index (χ1v) is 4.13. The molecule has 0 atom stereocenters. The molecule has 64 valence electrons. The molecule has 0 aromatic carbocycles. The Hall–Kier alpha value is 0.352. The zero-order chi connectivity index (χ0) is 7.90. The van der Waals surface area contributed by atoms with Gasteiger partial charge < -0.3 is 10.2 Å². The van der Waals surface area contributed by atoms with Crippen molar-refractivity contribution in [1.82, 2.24) is 4.90 Å². The van der Waals surface area contributed by atoms with Gasteiger partial charge in [0, 0.05) is 46.3 Å². The van der Waals surface area contributed by atoms with E-state index in [4.69, 9.17) is 0 Å². The van der Waals surface area contributed by atoms with Gasteiger partial charge in [0.1, 0.15) is 0 Å². The number of carbonyl (C=O) groups excluding carboxylic acids is 1. The first-order valence-electron chi connectivity index (χ1n) is 4.13. The Balaban J connectivity index is 0.000000720. The molecular weight excluding hydrogens is 253 g/mol. The number of nitrogens with zero attached hydrogens (tertiary/aromatic N) is 2. The normalized spacial score (nSPS) is 26.4. The Bertz CT molecular complexity index is 191. The molecule has 4 heteroatoms. The largest absolute Gasteiger partial charge is 0.661 e. The van der Waals surface area contributed by atoms with E-state index in [1.54, 1.807) is 0 Å². The number of amides is 1. The molecule has 0 saturated carbocycles. The van der Waals surface area contributed by atoms with E-state index in [0.717, 1.165) is 32.5 Å². The van der Waals surface area contributed by atoms with Crippen molar-refractivity contribution in [3.63, 3.8) is 0 Å². The molecule has 0 aliphatic carbocycles. The van der Waals surface area contributed by atoms with E-state index in [1.165, 1.54) is 0 Å². The second-order valence-corrected chi connectivity index (χ2v) is 3.65. The molecule has 0 bridgehead atoms. The van der Waals surface area contributed by atoms with Gasteiger partial charge in [-0.1, -0.05) is 0 Å².